The van der Waals surface area contributed by atoms with E-state index in [9.17, 15) is 44.7 Å². The summed E-state index contributed by atoms with van der Waals surface area (Å²) in [6, 6.07) is 33.4. The highest BCUT2D eigenvalue weighted by atomic mass is 32.2. The number of nitriles is 1. The maximum atomic E-state index is 12.6. The van der Waals surface area contributed by atoms with Gasteiger partial charge < -0.3 is 14.6 Å². The minimum atomic E-state index is -4.76. The summed E-state index contributed by atoms with van der Waals surface area (Å²) >= 11 is 1.00. The van der Waals surface area contributed by atoms with Crippen LogP contribution in [0.4, 0.5) is 32.9 Å². The van der Waals surface area contributed by atoms with E-state index in [4.69, 9.17) is 31.6 Å². The number of azo groups is 3. The van der Waals surface area contributed by atoms with Gasteiger partial charge in [-0.2, -0.15) is 30.5 Å². The van der Waals surface area contributed by atoms with Crippen molar-refractivity contribution in [1.29, 1.82) is 5.26 Å². The van der Waals surface area contributed by atoms with E-state index in [1.54, 1.807) is 62.4 Å². The van der Waals surface area contributed by atoms with E-state index in [-0.39, 0.29) is 68.8 Å². The highest BCUT2D eigenvalue weighted by molar-refractivity contribution is 7.86. The minimum Gasteiger partial charge on any atom is -0.496 e. The quantitative estimate of drug-likeness (QED) is 0.0446. The number of pyridine rings is 1. The minimum absolute atomic E-state index is 0.00535. The van der Waals surface area contributed by atoms with Gasteiger partial charge in [0.15, 0.2) is 16.3 Å². The molecular weight excluding hydrogens is 1120 g/mol. The van der Waals surface area contributed by atoms with Crippen LogP contribution in [0.3, 0.4) is 0 Å². The molecule has 0 saturated heterocycles. The van der Waals surface area contributed by atoms with Gasteiger partial charge in [-0.15, -0.1) is 43.3 Å². The average molecular weight is 1160 g/mol. The van der Waals surface area contributed by atoms with Crippen LogP contribution in [0, 0.1) is 25.2 Å². The third-order valence-corrected chi connectivity index (χ3v) is 13.5. The van der Waals surface area contributed by atoms with Crippen molar-refractivity contribution in [1.82, 2.24) is 14.4 Å². The molecule has 0 aliphatic heterocycles. The van der Waals surface area contributed by atoms with Gasteiger partial charge >= 0.3 is 10.6 Å². The molecule has 0 spiro atoms. The fourth-order valence-corrected chi connectivity index (χ4v) is 9.50. The molecule has 78 heavy (non-hydrogen) atoms. The van der Waals surface area contributed by atoms with Crippen LogP contribution >= 0.6 is 11.3 Å². The third-order valence-electron chi connectivity index (χ3n) is 10.9. The summed E-state index contributed by atoms with van der Waals surface area (Å²) in [5.74, 6) is -0.337. The SMILES string of the molecule is COc1cccc2cc(S(=O)(=O)O)c(N=Nc3sc(N=Nc4cc(OCCCS(=O)(=O)O)c(N=Nc5c(C)c(C#N)c6nc7ccccc7n6c5O)cc4C)nc3-c3cccc4ccccc34)cc12.CS(=O)(=O)O.O=S(=O)=O. The molecule has 9 rings (SSSR count). The van der Waals surface area contributed by atoms with Crippen molar-refractivity contribution >= 4 is 123 Å². The molecule has 0 amide bonds. The molecule has 0 radical (unpaired) electrons. The van der Waals surface area contributed by atoms with Crippen LogP contribution in [0.5, 0.6) is 17.4 Å². The number of methoxy groups -OCH3 is 1. The standard InChI is InChI=1S/C47H36N10O9S3.CH4O3S.O3S/c1-26-21-36(52-54-42-27(2)33(25-48)44-49-34-16-6-7-17-38(34)57(44)46(42)58)40(66-19-10-20-68(59,60)61)24-35(26)51-56-47-50-43(31-15-8-12-28-11-4-5-14-30(28)31)45(67-47)55-53-37-23-32-29(13-9-18-39(32)65-3)22-41(37)69(62,63)64;1-5(2,3)4;1-4(2)3/h4-9,11-18,21-24,58H,10,19-20H2,1-3H3,(H,59,60,61)(H,62,63,64);1H3,(H,2,3,4);. The molecule has 25 nitrogen and oxygen atoms in total. The Hall–Kier alpha value is -8.54. The highest BCUT2D eigenvalue weighted by Gasteiger charge is 2.23. The zero-order chi connectivity index (χ0) is 56.7. The average Bonchev–Trinajstić information content (AvgIpc) is 3.99. The molecular formula is C48H40N10O15S5. The second kappa shape index (κ2) is 23.8. The predicted octanol–water partition coefficient (Wildman–Crippen LogP) is 10.8. The van der Waals surface area contributed by atoms with Gasteiger partial charge in [0.25, 0.3) is 30.4 Å². The van der Waals surface area contributed by atoms with Crippen molar-refractivity contribution in [2.75, 3.05) is 25.7 Å². The highest BCUT2D eigenvalue weighted by Crippen LogP contribution is 2.45. The summed E-state index contributed by atoms with van der Waals surface area (Å²) < 4.78 is 132. The third kappa shape index (κ3) is 13.9. The van der Waals surface area contributed by atoms with Crippen molar-refractivity contribution in [2.24, 2.45) is 30.7 Å². The van der Waals surface area contributed by atoms with Crippen LogP contribution in [0.1, 0.15) is 23.1 Å². The second-order valence-corrected chi connectivity index (χ2v) is 22.1. The number of aryl methyl sites for hydroxylation is 1. The second-order valence-electron chi connectivity index (χ2n) is 16.3. The topological polar surface area (TPSA) is 381 Å². The molecule has 6 aromatic carbocycles. The van der Waals surface area contributed by atoms with E-state index in [2.05, 4.69) is 41.7 Å². The van der Waals surface area contributed by atoms with E-state index in [0.29, 0.717) is 56.2 Å². The van der Waals surface area contributed by atoms with Crippen LogP contribution in [0.2, 0.25) is 0 Å². The first-order valence-corrected chi connectivity index (χ1v) is 28.8. The molecule has 0 unspecified atom stereocenters. The van der Waals surface area contributed by atoms with Gasteiger partial charge in [0, 0.05) is 22.6 Å². The summed E-state index contributed by atoms with van der Waals surface area (Å²) in [7, 11) is -14.4. The number of nitrogens with zero attached hydrogens (tertiary/aromatic N) is 10. The number of fused-ring (bicyclic) bond motifs is 5. The lowest BCUT2D eigenvalue weighted by molar-refractivity contribution is 0.317. The summed E-state index contributed by atoms with van der Waals surface area (Å²) in [6.45, 7) is 3.17. The van der Waals surface area contributed by atoms with Crippen molar-refractivity contribution in [3.63, 3.8) is 0 Å². The number of rotatable bonds is 14. The van der Waals surface area contributed by atoms with Crippen LogP contribution in [0.15, 0.2) is 145 Å². The Balaban J connectivity index is 0.000000908. The Morgan fingerprint density at radius 2 is 1.37 bits per heavy atom. The number of aromatic nitrogens is 3. The van der Waals surface area contributed by atoms with Crippen LogP contribution in [-0.2, 0) is 41.0 Å². The summed E-state index contributed by atoms with van der Waals surface area (Å²) in [5.41, 5.74) is 3.68. The fourth-order valence-electron chi connectivity index (χ4n) is 7.65. The molecule has 0 bridgehead atoms. The lowest BCUT2D eigenvalue weighted by Crippen LogP contribution is -2.08. The zero-order valence-electron chi connectivity index (χ0n) is 40.8. The molecule has 9 aromatic rings. The number of hydrogen-bond acceptors (Lipinski definition) is 22. The molecule has 3 aromatic heterocycles. The largest absolute Gasteiger partial charge is 0.496 e. The Kier molecular flexibility index (Phi) is 17.4. The summed E-state index contributed by atoms with van der Waals surface area (Å²) in [5, 5.41) is 51.4. The van der Waals surface area contributed by atoms with Gasteiger partial charge in [0.05, 0.1) is 42.4 Å². The van der Waals surface area contributed by atoms with Crippen molar-refractivity contribution in [3.05, 3.63) is 126 Å². The first-order valence-electron chi connectivity index (χ1n) is 22.1. The van der Waals surface area contributed by atoms with Gasteiger partial charge in [-0.05, 0) is 78.4 Å². The molecule has 0 saturated carbocycles. The Labute approximate surface area is 448 Å². The number of ether oxygens (including phenoxy) is 2. The predicted molar refractivity (Wildman–Crippen MR) is 287 cm³/mol. The maximum absolute atomic E-state index is 12.6. The van der Waals surface area contributed by atoms with Gasteiger partial charge in [-0.25, -0.2) is 9.97 Å². The molecule has 4 N–H and O–H groups in total. The van der Waals surface area contributed by atoms with E-state index < -0.39 is 51.6 Å². The molecule has 30 heteroatoms. The van der Waals surface area contributed by atoms with E-state index >= 15 is 0 Å². The van der Waals surface area contributed by atoms with E-state index in [0.717, 1.165) is 22.1 Å². The fraction of sp³-hybridized carbons (Fsp3) is 0.146. The normalized spacial score (nSPS) is 12.0. The zero-order valence-corrected chi connectivity index (χ0v) is 44.9. The number of thiazole rings is 1. The summed E-state index contributed by atoms with van der Waals surface area (Å²) in [4.78, 5) is 8.88. The van der Waals surface area contributed by atoms with Gasteiger partial charge in [0.1, 0.15) is 45.1 Å². The Bertz CT molecular complexity index is 4430. The Morgan fingerprint density at radius 1 is 0.731 bits per heavy atom. The van der Waals surface area contributed by atoms with E-state index in [1.165, 1.54) is 29.7 Å². The molecule has 0 fully saturated rings. The maximum Gasteiger partial charge on any atom is 0.425 e. The first kappa shape index (κ1) is 57.2. The van der Waals surface area contributed by atoms with Crippen molar-refractivity contribution < 1.29 is 66.1 Å². The number of para-hydroxylation sites is 2. The van der Waals surface area contributed by atoms with Gasteiger partial charge in [-0.1, -0.05) is 78.1 Å². The molecule has 402 valence electrons. The van der Waals surface area contributed by atoms with Gasteiger partial charge in [0.2, 0.25) is 11.0 Å². The smallest absolute Gasteiger partial charge is 0.425 e. The molecule has 0 atom stereocenters. The number of hydrogen-bond donors (Lipinski definition) is 4. The van der Waals surface area contributed by atoms with E-state index in [1.807, 2.05) is 42.5 Å². The van der Waals surface area contributed by atoms with Crippen LogP contribution < -0.4 is 9.47 Å². The van der Waals surface area contributed by atoms with Crippen LogP contribution in [-0.4, -0.2) is 96.7 Å². The summed E-state index contributed by atoms with van der Waals surface area (Å²) in [6.07, 6.45) is 0.634. The lowest BCUT2D eigenvalue weighted by Gasteiger charge is -2.11. The first-order chi connectivity index (χ1) is 36.8. The van der Waals surface area contributed by atoms with Crippen LogP contribution in [0.25, 0.3) is 49.5 Å². The van der Waals surface area contributed by atoms with Crippen molar-refractivity contribution in [3.8, 4) is 34.7 Å². The number of benzene rings is 6. The number of imidazole rings is 1. The van der Waals surface area contributed by atoms with Gasteiger partial charge in [-0.3, -0.25) is 18.1 Å². The monoisotopic (exact) mass is 1160 g/mol. The lowest BCUT2D eigenvalue weighted by atomic mass is 10.0. The number of aromatic hydroxyl groups is 1. The molecule has 3 heterocycles. The molecule has 0 aliphatic rings. The van der Waals surface area contributed by atoms with Crippen molar-refractivity contribution in [2.45, 2.75) is 25.2 Å². The Morgan fingerprint density at radius 3 is 2.06 bits per heavy atom. The molecule has 0 aliphatic carbocycles.